The minimum atomic E-state index is -4.26. The van der Waals surface area contributed by atoms with Gasteiger partial charge in [0.25, 0.3) is 0 Å². The number of halogens is 3. The van der Waals surface area contributed by atoms with Crippen molar-refractivity contribution in [2.24, 2.45) is 5.73 Å². The van der Waals surface area contributed by atoms with Gasteiger partial charge in [-0.2, -0.15) is 13.2 Å². The number of carbonyl (C=O) groups is 1. The Kier molecular flexibility index (Phi) is 5.20. The largest absolute Gasteiger partial charge is 0.389 e. The summed E-state index contributed by atoms with van der Waals surface area (Å²) in [7, 11) is 0. The molecule has 1 saturated heterocycles. The summed E-state index contributed by atoms with van der Waals surface area (Å²) in [6, 6.07) is 0. The molecule has 7 heteroatoms. The molecule has 0 aromatic heterocycles. The molecule has 112 valence electrons. The third-order valence-corrected chi connectivity index (χ3v) is 3.61. The van der Waals surface area contributed by atoms with Crippen LogP contribution in [0.15, 0.2) is 0 Å². The Hall–Kier alpha value is -0.820. The van der Waals surface area contributed by atoms with Crippen molar-refractivity contribution in [3.05, 3.63) is 0 Å². The van der Waals surface area contributed by atoms with Gasteiger partial charge in [0, 0.05) is 44.7 Å². The highest BCUT2D eigenvalue weighted by atomic mass is 19.4. The number of hydrogen-bond donors (Lipinski definition) is 1. The summed E-state index contributed by atoms with van der Waals surface area (Å²) in [5.41, 5.74) is 5.54. The van der Waals surface area contributed by atoms with E-state index in [4.69, 9.17) is 5.73 Å². The molecule has 0 aromatic carbocycles. The summed E-state index contributed by atoms with van der Waals surface area (Å²) in [6.07, 6.45) is -5.76. The first-order valence-corrected chi connectivity index (χ1v) is 6.45. The molecule has 4 nitrogen and oxygen atoms in total. The average molecular weight is 281 g/mol. The van der Waals surface area contributed by atoms with Crippen LogP contribution in [0.25, 0.3) is 0 Å². The fraction of sp³-hybridized carbons (Fsp3) is 0.917. The van der Waals surface area contributed by atoms with Crippen molar-refractivity contribution in [2.75, 3.05) is 32.7 Å². The number of piperazine rings is 1. The maximum Gasteiger partial charge on any atom is 0.389 e. The summed E-state index contributed by atoms with van der Waals surface area (Å²) in [4.78, 5) is 15.3. The van der Waals surface area contributed by atoms with E-state index in [1.807, 2.05) is 13.8 Å². The van der Waals surface area contributed by atoms with E-state index in [-0.39, 0.29) is 5.54 Å². The summed E-state index contributed by atoms with van der Waals surface area (Å²) >= 11 is 0. The standard InChI is InChI=1S/C12H22F3N3O/c1-11(2,9-16)18-7-5-17(6-8-18)10(19)3-4-12(13,14)15/h3-9,16H2,1-2H3. The predicted molar refractivity (Wildman–Crippen MR) is 66.6 cm³/mol. The smallest absolute Gasteiger partial charge is 0.340 e. The maximum absolute atomic E-state index is 12.1. The van der Waals surface area contributed by atoms with E-state index < -0.39 is 24.9 Å². The molecule has 1 rings (SSSR count). The minimum absolute atomic E-state index is 0.138. The van der Waals surface area contributed by atoms with E-state index in [2.05, 4.69) is 4.90 Å². The first-order valence-electron chi connectivity index (χ1n) is 6.45. The number of nitrogens with zero attached hydrogens (tertiary/aromatic N) is 2. The average Bonchev–Trinajstić information content (AvgIpc) is 2.35. The molecule has 1 amide bonds. The van der Waals surface area contributed by atoms with Crippen molar-refractivity contribution in [1.82, 2.24) is 9.80 Å². The summed E-state index contributed by atoms with van der Waals surface area (Å²) in [5.74, 6) is -0.414. The van der Waals surface area contributed by atoms with Gasteiger partial charge in [-0.25, -0.2) is 0 Å². The predicted octanol–water partition coefficient (Wildman–Crippen LogP) is 1.21. The second-order valence-electron chi connectivity index (χ2n) is 5.50. The number of rotatable bonds is 4. The first kappa shape index (κ1) is 16.2. The zero-order chi connectivity index (χ0) is 14.7. The molecule has 1 aliphatic rings. The van der Waals surface area contributed by atoms with Crippen LogP contribution in [0.5, 0.6) is 0 Å². The van der Waals surface area contributed by atoms with Gasteiger partial charge in [0.15, 0.2) is 0 Å². The van der Waals surface area contributed by atoms with Gasteiger partial charge < -0.3 is 10.6 Å². The first-order chi connectivity index (χ1) is 8.65. The van der Waals surface area contributed by atoms with Gasteiger partial charge in [-0.3, -0.25) is 9.69 Å². The fourth-order valence-electron chi connectivity index (χ4n) is 2.10. The topological polar surface area (TPSA) is 49.6 Å². The van der Waals surface area contributed by atoms with Gasteiger partial charge in [-0.1, -0.05) is 0 Å². The van der Waals surface area contributed by atoms with E-state index in [9.17, 15) is 18.0 Å². The van der Waals surface area contributed by atoms with Crippen molar-refractivity contribution in [3.63, 3.8) is 0 Å². The molecule has 1 fully saturated rings. The molecule has 1 heterocycles. The fourth-order valence-corrected chi connectivity index (χ4v) is 2.10. The Bertz CT molecular complexity index is 310. The van der Waals surface area contributed by atoms with E-state index in [1.54, 1.807) is 0 Å². The number of amides is 1. The lowest BCUT2D eigenvalue weighted by Crippen LogP contribution is -2.58. The minimum Gasteiger partial charge on any atom is -0.340 e. The molecule has 2 N–H and O–H groups in total. The summed E-state index contributed by atoms with van der Waals surface area (Å²) < 4.78 is 36.2. The Labute approximate surface area is 111 Å². The molecule has 0 unspecified atom stereocenters. The maximum atomic E-state index is 12.1. The third-order valence-electron chi connectivity index (χ3n) is 3.61. The van der Waals surface area contributed by atoms with Crippen LogP contribution in [0, 0.1) is 0 Å². The van der Waals surface area contributed by atoms with Crippen LogP contribution in [-0.2, 0) is 4.79 Å². The van der Waals surface area contributed by atoms with Crippen molar-refractivity contribution in [2.45, 2.75) is 38.4 Å². The van der Waals surface area contributed by atoms with Crippen LogP contribution in [-0.4, -0.2) is 60.1 Å². The van der Waals surface area contributed by atoms with Crippen LogP contribution >= 0.6 is 0 Å². The molecule has 0 radical (unpaired) electrons. The highest BCUT2D eigenvalue weighted by Gasteiger charge is 2.32. The highest BCUT2D eigenvalue weighted by Crippen LogP contribution is 2.22. The van der Waals surface area contributed by atoms with Gasteiger partial charge in [0.1, 0.15) is 0 Å². The van der Waals surface area contributed by atoms with E-state index in [0.717, 1.165) is 0 Å². The summed E-state index contributed by atoms with van der Waals surface area (Å²) in [5, 5.41) is 0. The zero-order valence-electron chi connectivity index (χ0n) is 11.5. The Morgan fingerprint density at radius 3 is 2.11 bits per heavy atom. The van der Waals surface area contributed by atoms with Crippen LogP contribution in [0.1, 0.15) is 26.7 Å². The molecule has 0 saturated carbocycles. The van der Waals surface area contributed by atoms with Gasteiger partial charge in [0.05, 0.1) is 6.42 Å². The second-order valence-corrected chi connectivity index (χ2v) is 5.50. The molecule has 0 aliphatic carbocycles. The van der Waals surface area contributed by atoms with Crippen molar-refractivity contribution in [3.8, 4) is 0 Å². The molecule has 19 heavy (non-hydrogen) atoms. The monoisotopic (exact) mass is 281 g/mol. The SMILES string of the molecule is CC(C)(CN)N1CCN(C(=O)CCC(F)(F)F)CC1. The normalized spacial score (nSPS) is 18.7. The van der Waals surface area contributed by atoms with Crippen LogP contribution in [0.2, 0.25) is 0 Å². The lowest BCUT2D eigenvalue weighted by atomic mass is 10.0. The molecule has 1 aliphatic heterocycles. The highest BCUT2D eigenvalue weighted by molar-refractivity contribution is 5.76. The molecule has 0 spiro atoms. The Balaban J connectivity index is 2.39. The van der Waals surface area contributed by atoms with Crippen molar-refractivity contribution in [1.29, 1.82) is 0 Å². The molecule has 0 aromatic rings. The molecule has 0 bridgehead atoms. The third kappa shape index (κ3) is 4.99. The Morgan fingerprint density at radius 2 is 1.68 bits per heavy atom. The summed E-state index contributed by atoms with van der Waals surface area (Å²) in [6.45, 7) is 6.81. The van der Waals surface area contributed by atoms with Crippen LogP contribution in [0.3, 0.4) is 0 Å². The lowest BCUT2D eigenvalue weighted by Gasteiger charge is -2.43. The van der Waals surface area contributed by atoms with E-state index in [1.165, 1.54) is 4.90 Å². The van der Waals surface area contributed by atoms with Gasteiger partial charge in [-0.15, -0.1) is 0 Å². The Morgan fingerprint density at radius 1 is 1.16 bits per heavy atom. The number of hydrogen-bond acceptors (Lipinski definition) is 3. The molecular formula is C12H22F3N3O. The van der Waals surface area contributed by atoms with E-state index >= 15 is 0 Å². The van der Waals surface area contributed by atoms with E-state index in [0.29, 0.717) is 32.7 Å². The molecule has 0 atom stereocenters. The van der Waals surface area contributed by atoms with Gasteiger partial charge in [-0.05, 0) is 13.8 Å². The number of alkyl halides is 3. The van der Waals surface area contributed by atoms with Crippen LogP contribution in [0.4, 0.5) is 13.2 Å². The number of nitrogens with two attached hydrogens (primary N) is 1. The van der Waals surface area contributed by atoms with Gasteiger partial charge in [0.2, 0.25) is 5.91 Å². The second kappa shape index (κ2) is 6.09. The van der Waals surface area contributed by atoms with Gasteiger partial charge >= 0.3 is 6.18 Å². The van der Waals surface area contributed by atoms with Crippen molar-refractivity contribution < 1.29 is 18.0 Å². The number of carbonyl (C=O) groups excluding carboxylic acids is 1. The quantitative estimate of drug-likeness (QED) is 0.842. The lowest BCUT2D eigenvalue weighted by molar-refractivity contribution is -0.150. The zero-order valence-corrected chi connectivity index (χ0v) is 11.5. The van der Waals surface area contributed by atoms with Crippen LogP contribution < -0.4 is 5.73 Å². The van der Waals surface area contributed by atoms with Crippen molar-refractivity contribution >= 4 is 5.91 Å². The molecular weight excluding hydrogens is 259 g/mol.